The van der Waals surface area contributed by atoms with Gasteiger partial charge in [0.2, 0.25) is 0 Å². The molecule has 1 heterocycles. The Kier molecular flexibility index (Phi) is 5.00. The standard InChI is InChI=1S/C18H18O7S2/c1-3-25-17-13(18(19)24-2)9-10-14-16(17)15(11-26(14,20)21)27(22,23)12-7-5-4-6-8-12/h4-10,15H,3,11H2,1-2H3. The number of sulfone groups is 2. The maximum Gasteiger partial charge on any atom is 0.341 e. The molecule has 1 unspecified atom stereocenters. The molecule has 0 spiro atoms. The lowest BCUT2D eigenvalue weighted by Crippen LogP contribution is -2.17. The zero-order valence-electron chi connectivity index (χ0n) is 14.7. The minimum absolute atomic E-state index is 0.00368. The van der Waals surface area contributed by atoms with Crippen LogP contribution in [0.25, 0.3) is 0 Å². The van der Waals surface area contributed by atoms with Crippen LogP contribution in [0.15, 0.2) is 52.3 Å². The van der Waals surface area contributed by atoms with Crippen molar-refractivity contribution in [2.75, 3.05) is 19.5 Å². The molecule has 0 fully saturated rings. The highest BCUT2D eigenvalue weighted by Crippen LogP contribution is 2.47. The smallest absolute Gasteiger partial charge is 0.341 e. The van der Waals surface area contributed by atoms with E-state index in [2.05, 4.69) is 0 Å². The molecule has 3 rings (SSSR count). The van der Waals surface area contributed by atoms with E-state index in [0.717, 1.165) is 0 Å². The van der Waals surface area contributed by atoms with Crippen molar-refractivity contribution in [3.8, 4) is 5.75 Å². The van der Waals surface area contributed by atoms with Crippen LogP contribution in [-0.4, -0.2) is 42.3 Å². The van der Waals surface area contributed by atoms with Crippen LogP contribution in [0.2, 0.25) is 0 Å². The van der Waals surface area contributed by atoms with E-state index in [1.54, 1.807) is 25.1 Å². The van der Waals surface area contributed by atoms with Crippen LogP contribution in [0.1, 0.15) is 28.1 Å². The zero-order chi connectivity index (χ0) is 19.8. The molecule has 1 atom stereocenters. The van der Waals surface area contributed by atoms with Crippen LogP contribution in [-0.2, 0) is 24.4 Å². The molecular weight excluding hydrogens is 392 g/mol. The Morgan fingerprint density at radius 1 is 1.15 bits per heavy atom. The van der Waals surface area contributed by atoms with Gasteiger partial charge in [0.05, 0.1) is 29.3 Å². The monoisotopic (exact) mass is 410 g/mol. The van der Waals surface area contributed by atoms with E-state index in [1.807, 2.05) is 0 Å². The lowest BCUT2D eigenvalue weighted by molar-refractivity contribution is 0.0596. The topological polar surface area (TPSA) is 104 Å². The maximum atomic E-state index is 13.2. The summed E-state index contributed by atoms with van der Waals surface area (Å²) in [6.45, 7) is 1.78. The second-order valence-electron chi connectivity index (χ2n) is 5.91. The molecule has 1 aliphatic heterocycles. The van der Waals surface area contributed by atoms with Gasteiger partial charge in [0.1, 0.15) is 16.6 Å². The van der Waals surface area contributed by atoms with Gasteiger partial charge in [-0.1, -0.05) is 18.2 Å². The van der Waals surface area contributed by atoms with Crippen molar-refractivity contribution in [2.24, 2.45) is 0 Å². The number of rotatable bonds is 5. The quantitative estimate of drug-likeness (QED) is 0.696. The van der Waals surface area contributed by atoms with Gasteiger partial charge in [-0.25, -0.2) is 21.6 Å². The first-order valence-corrected chi connectivity index (χ1v) is 11.3. The second kappa shape index (κ2) is 6.97. The summed E-state index contributed by atoms with van der Waals surface area (Å²) in [4.78, 5) is 12.0. The summed E-state index contributed by atoms with van der Waals surface area (Å²) in [6, 6.07) is 10.1. The van der Waals surface area contributed by atoms with Crippen molar-refractivity contribution in [1.82, 2.24) is 0 Å². The molecule has 0 radical (unpaired) electrons. The maximum absolute atomic E-state index is 13.2. The van der Waals surface area contributed by atoms with Gasteiger partial charge in [-0.3, -0.25) is 0 Å². The summed E-state index contributed by atoms with van der Waals surface area (Å²) in [5.74, 6) is -1.40. The lowest BCUT2D eigenvalue weighted by atomic mass is 10.1. The molecule has 7 nitrogen and oxygen atoms in total. The number of methoxy groups -OCH3 is 1. The van der Waals surface area contributed by atoms with E-state index in [9.17, 15) is 21.6 Å². The first-order chi connectivity index (χ1) is 12.7. The number of benzene rings is 2. The number of esters is 1. The highest BCUT2D eigenvalue weighted by molar-refractivity contribution is 7.96. The van der Waals surface area contributed by atoms with Crippen LogP contribution < -0.4 is 4.74 Å². The molecule has 2 aromatic rings. The van der Waals surface area contributed by atoms with Crippen molar-refractivity contribution in [3.05, 3.63) is 53.6 Å². The summed E-state index contributed by atoms with van der Waals surface area (Å²) in [5, 5.41) is -1.37. The normalized spacial score (nSPS) is 17.9. The van der Waals surface area contributed by atoms with Crippen molar-refractivity contribution in [3.63, 3.8) is 0 Å². The van der Waals surface area contributed by atoms with Crippen LogP contribution in [0.3, 0.4) is 0 Å². The molecule has 1 aliphatic rings. The van der Waals surface area contributed by atoms with Crippen molar-refractivity contribution >= 4 is 25.6 Å². The Hall–Kier alpha value is -2.39. The Balaban J connectivity index is 2.31. The predicted octanol–water partition coefficient (Wildman–Crippen LogP) is 2.17. The largest absolute Gasteiger partial charge is 0.493 e. The first-order valence-electron chi connectivity index (χ1n) is 8.13. The summed E-state index contributed by atoms with van der Waals surface area (Å²) in [7, 11) is -6.69. The molecular formula is C18H18O7S2. The van der Waals surface area contributed by atoms with Crippen LogP contribution in [0.4, 0.5) is 0 Å². The van der Waals surface area contributed by atoms with Crippen LogP contribution in [0.5, 0.6) is 5.75 Å². The summed E-state index contributed by atoms with van der Waals surface area (Å²) in [6.07, 6.45) is 0. The molecule has 0 N–H and O–H groups in total. The zero-order valence-corrected chi connectivity index (χ0v) is 16.3. The van der Waals surface area contributed by atoms with Crippen molar-refractivity contribution < 1.29 is 31.1 Å². The van der Waals surface area contributed by atoms with Crippen molar-refractivity contribution in [2.45, 2.75) is 22.0 Å². The SMILES string of the molecule is CCOc1c(C(=O)OC)ccc2c1C(S(=O)(=O)c1ccccc1)CS2(=O)=O. The van der Waals surface area contributed by atoms with Gasteiger partial charge >= 0.3 is 5.97 Å². The number of fused-ring (bicyclic) bond motifs is 1. The van der Waals surface area contributed by atoms with E-state index in [4.69, 9.17) is 9.47 Å². The highest BCUT2D eigenvalue weighted by Gasteiger charge is 2.46. The third-order valence-electron chi connectivity index (χ3n) is 4.32. The molecule has 0 aliphatic carbocycles. The minimum Gasteiger partial charge on any atom is -0.493 e. The molecule has 0 saturated heterocycles. The number of ether oxygens (including phenoxy) is 2. The molecule has 27 heavy (non-hydrogen) atoms. The average Bonchev–Trinajstić information content (AvgIpc) is 2.94. The van der Waals surface area contributed by atoms with Gasteiger partial charge in [-0.2, -0.15) is 0 Å². The Labute approximate surface area is 157 Å². The van der Waals surface area contributed by atoms with Gasteiger partial charge in [-0.05, 0) is 31.2 Å². The molecule has 0 aromatic heterocycles. The lowest BCUT2D eigenvalue weighted by Gasteiger charge is -2.17. The molecule has 144 valence electrons. The Bertz CT molecular complexity index is 1090. The minimum atomic E-state index is -4.02. The van der Waals surface area contributed by atoms with E-state index in [1.165, 1.54) is 31.4 Å². The fraction of sp³-hybridized carbons (Fsp3) is 0.278. The van der Waals surface area contributed by atoms with E-state index in [-0.39, 0.29) is 33.3 Å². The van der Waals surface area contributed by atoms with Gasteiger partial charge in [0, 0.05) is 5.56 Å². The van der Waals surface area contributed by atoms with Crippen LogP contribution in [0, 0.1) is 0 Å². The number of carbonyl (C=O) groups is 1. The van der Waals surface area contributed by atoms with E-state index in [0.29, 0.717) is 0 Å². The third-order valence-corrected chi connectivity index (χ3v) is 8.41. The van der Waals surface area contributed by atoms with Gasteiger partial charge in [0.25, 0.3) is 0 Å². The fourth-order valence-corrected chi connectivity index (χ4v) is 7.45. The van der Waals surface area contributed by atoms with Crippen LogP contribution >= 0.6 is 0 Å². The molecule has 0 amide bonds. The number of carbonyl (C=O) groups excluding carboxylic acids is 1. The molecule has 0 saturated carbocycles. The van der Waals surface area contributed by atoms with Crippen molar-refractivity contribution in [1.29, 1.82) is 0 Å². The summed E-state index contributed by atoms with van der Waals surface area (Å²) in [5.41, 5.74) is -0.0212. The molecule has 2 aromatic carbocycles. The van der Waals surface area contributed by atoms with Gasteiger partial charge in [0.15, 0.2) is 19.7 Å². The number of hydrogen-bond acceptors (Lipinski definition) is 7. The second-order valence-corrected chi connectivity index (χ2v) is 10.0. The van der Waals surface area contributed by atoms with E-state index < -0.39 is 36.6 Å². The molecule has 9 heteroatoms. The van der Waals surface area contributed by atoms with Gasteiger partial charge < -0.3 is 9.47 Å². The number of hydrogen-bond donors (Lipinski definition) is 0. The third kappa shape index (κ3) is 3.21. The summed E-state index contributed by atoms with van der Waals surface area (Å²) >= 11 is 0. The average molecular weight is 410 g/mol. The first kappa shape index (κ1) is 19.4. The Morgan fingerprint density at radius 2 is 1.81 bits per heavy atom. The Morgan fingerprint density at radius 3 is 2.41 bits per heavy atom. The molecule has 0 bridgehead atoms. The predicted molar refractivity (Wildman–Crippen MR) is 97.4 cm³/mol. The van der Waals surface area contributed by atoms with E-state index >= 15 is 0 Å². The fourth-order valence-electron chi connectivity index (χ4n) is 3.12. The highest BCUT2D eigenvalue weighted by atomic mass is 32.2. The summed E-state index contributed by atoms with van der Waals surface area (Å²) < 4.78 is 61.8. The van der Waals surface area contributed by atoms with Gasteiger partial charge in [-0.15, -0.1) is 0 Å².